The molecule has 0 aliphatic carbocycles. The minimum Gasteiger partial charge on any atom is -0.383 e. The molecule has 0 aliphatic heterocycles. The standard InChI is InChI=1S/C14H20N4O3/c1-16-14-12(5-3-6-13(14)18(19)20)11-17(8-4-7-15)9-10-21-2/h3,5-6,16H,4,8-11H2,1-2H3. The van der Waals surface area contributed by atoms with Crippen LogP contribution in [0.2, 0.25) is 0 Å². The molecule has 0 heterocycles. The van der Waals surface area contributed by atoms with Crippen molar-refractivity contribution in [3.05, 3.63) is 33.9 Å². The zero-order valence-electron chi connectivity index (χ0n) is 12.3. The Hall–Kier alpha value is -2.17. The molecule has 1 aromatic carbocycles. The summed E-state index contributed by atoms with van der Waals surface area (Å²) >= 11 is 0. The van der Waals surface area contributed by atoms with Crippen molar-refractivity contribution in [3.8, 4) is 6.07 Å². The van der Waals surface area contributed by atoms with Crippen molar-refractivity contribution in [2.45, 2.75) is 13.0 Å². The Bertz CT molecular complexity index is 513. The summed E-state index contributed by atoms with van der Waals surface area (Å²) < 4.78 is 5.06. The van der Waals surface area contributed by atoms with Crippen LogP contribution in [0, 0.1) is 21.4 Å². The second-order valence-corrected chi connectivity index (χ2v) is 4.50. The van der Waals surface area contributed by atoms with Gasteiger partial charge in [-0.05, 0) is 5.56 Å². The Morgan fingerprint density at radius 1 is 1.48 bits per heavy atom. The van der Waals surface area contributed by atoms with Gasteiger partial charge in [0.05, 0.1) is 17.6 Å². The highest BCUT2D eigenvalue weighted by Crippen LogP contribution is 2.28. The third-order valence-electron chi connectivity index (χ3n) is 3.12. The highest BCUT2D eigenvalue weighted by Gasteiger charge is 2.17. The summed E-state index contributed by atoms with van der Waals surface area (Å²) in [6.45, 7) is 2.36. The maximum absolute atomic E-state index is 11.1. The van der Waals surface area contributed by atoms with Crippen LogP contribution in [-0.2, 0) is 11.3 Å². The van der Waals surface area contributed by atoms with Crippen molar-refractivity contribution in [1.29, 1.82) is 5.26 Å². The fraction of sp³-hybridized carbons (Fsp3) is 0.500. The lowest BCUT2D eigenvalue weighted by molar-refractivity contribution is -0.384. The molecule has 21 heavy (non-hydrogen) atoms. The summed E-state index contributed by atoms with van der Waals surface area (Å²) in [6, 6.07) is 7.11. The SMILES string of the molecule is CNc1c(CN(CCC#N)CCOC)cccc1[N+](=O)[O-]. The van der Waals surface area contributed by atoms with Crippen LogP contribution >= 0.6 is 0 Å². The van der Waals surface area contributed by atoms with Crippen molar-refractivity contribution in [2.75, 3.05) is 39.2 Å². The lowest BCUT2D eigenvalue weighted by Crippen LogP contribution is -2.28. The number of nitro groups is 1. The van der Waals surface area contributed by atoms with E-state index in [1.807, 2.05) is 11.0 Å². The van der Waals surface area contributed by atoms with Crippen molar-refractivity contribution >= 4 is 11.4 Å². The summed E-state index contributed by atoms with van der Waals surface area (Å²) in [5.74, 6) is 0. The van der Waals surface area contributed by atoms with E-state index in [2.05, 4.69) is 11.4 Å². The molecule has 0 unspecified atom stereocenters. The van der Waals surface area contributed by atoms with E-state index in [-0.39, 0.29) is 5.69 Å². The zero-order valence-corrected chi connectivity index (χ0v) is 12.3. The van der Waals surface area contributed by atoms with Crippen LogP contribution in [0.5, 0.6) is 0 Å². The molecule has 0 atom stereocenters. The van der Waals surface area contributed by atoms with E-state index in [4.69, 9.17) is 10.00 Å². The number of hydrogen-bond donors (Lipinski definition) is 1. The number of nitro benzene ring substituents is 1. The van der Waals surface area contributed by atoms with Crippen LogP contribution in [-0.4, -0.2) is 43.7 Å². The molecule has 1 aromatic rings. The quantitative estimate of drug-likeness (QED) is 0.553. The first kappa shape index (κ1) is 16.9. The number of nitriles is 1. The van der Waals surface area contributed by atoms with E-state index in [1.54, 1.807) is 20.2 Å². The molecule has 7 nitrogen and oxygen atoms in total. The second kappa shape index (κ2) is 8.89. The molecular weight excluding hydrogens is 272 g/mol. The maximum atomic E-state index is 11.1. The Morgan fingerprint density at radius 2 is 2.24 bits per heavy atom. The number of hydrogen-bond acceptors (Lipinski definition) is 6. The molecule has 0 bridgehead atoms. The third-order valence-corrected chi connectivity index (χ3v) is 3.12. The molecule has 0 aliphatic rings. The minimum absolute atomic E-state index is 0.0574. The summed E-state index contributed by atoms with van der Waals surface area (Å²) in [6.07, 6.45) is 0.410. The predicted molar refractivity (Wildman–Crippen MR) is 80.0 cm³/mol. The molecule has 7 heteroatoms. The summed E-state index contributed by atoms with van der Waals surface area (Å²) in [7, 11) is 3.29. The number of nitrogens with zero attached hydrogens (tertiary/aromatic N) is 3. The zero-order chi connectivity index (χ0) is 15.7. The van der Waals surface area contributed by atoms with Gasteiger partial charge >= 0.3 is 0 Å². The molecule has 1 rings (SSSR count). The Kier molecular flexibility index (Phi) is 7.15. The topological polar surface area (TPSA) is 91.4 Å². The Balaban J connectivity index is 2.94. The van der Waals surface area contributed by atoms with Gasteiger partial charge in [-0.1, -0.05) is 12.1 Å². The molecule has 0 saturated heterocycles. The largest absolute Gasteiger partial charge is 0.383 e. The Morgan fingerprint density at radius 3 is 2.81 bits per heavy atom. The van der Waals surface area contributed by atoms with Crippen LogP contribution in [0.3, 0.4) is 0 Å². The number of methoxy groups -OCH3 is 1. The van der Waals surface area contributed by atoms with E-state index in [0.717, 1.165) is 5.56 Å². The first-order valence-electron chi connectivity index (χ1n) is 6.66. The van der Waals surface area contributed by atoms with Gasteiger partial charge in [0.15, 0.2) is 0 Å². The average molecular weight is 292 g/mol. The van der Waals surface area contributed by atoms with Gasteiger partial charge in [-0.25, -0.2) is 0 Å². The van der Waals surface area contributed by atoms with Crippen LogP contribution in [0.1, 0.15) is 12.0 Å². The summed E-state index contributed by atoms with van der Waals surface area (Å²) in [5.41, 5.74) is 1.41. The number of ether oxygens (including phenoxy) is 1. The second-order valence-electron chi connectivity index (χ2n) is 4.50. The van der Waals surface area contributed by atoms with Crippen molar-refractivity contribution in [2.24, 2.45) is 0 Å². The normalized spacial score (nSPS) is 10.4. The van der Waals surface area contributed by atoms with Gasteiger partial charge < -0.3 is 10.1 Å². The highest BCUT2D eigenvalue weighted by atomic mass is 16.6. The number of rotatable bonds is 9. The predicted octanol–water partition coefficient (Wildman–Crippen LogP) is 2.00. The average Bonchev–Trinajstić information content (AvgIpc) is 2.49. The highest BCUT2D eigenvalue weighted by molar-refractivity contribution is 5.66. The molecule has 114 valence electrons. The summed E-state index contributed by atoms with van der Waals surface area (Å²) in [4.78, 5) is 12.7. The number of anilines is 1. The van der Waals surface area contributed by atoms with Crippen molar-refractivity contribution in [1.82, 2.24) is 4.90 Å². The molecule has 0 spiro atoms. The molecule has 0 fully saturated rings. The molecule has 0 radical (unpaired) electrons. The third kappa shape index (κ3) is 5.02. The van der Waals surface area contributed by atoms with E-state index in [0.29, 0.717) is 38.3 Å². The van der Waals surface area contributed by atoms with Gasteiger partial charge in [-0.3, -0.25) is 15.0 Å². The van der Waals surface area contributed by atoms with E-state index in [9.17, 15) is 10.1 Å². The van der Waals surface area contributed by atoms with Crippen LogP contribution in [0.15, 0.2) is 18.2 Å². The van der Waals surface area contributed by atoms with Gasteiger partial charge in [-0.15, -0.1) is 0 Å². The first-order chi connectivity index (χ1) is 10.1. The van der Waals surface area contributed by atoms with Gasteiger partial charge in [0, 0.05) is 46.3 Å². The fourth-order valence-corrected chi connectivity index (χ4v) is 2.10. The first-order valence-corrected chi connectivity index (χ1v) is 6.66. The van der Waals surface area contributed by atoms with Gasteiger partial charge in [0.1, 0.15) is 5.69 Å². The van der Waals surface area contributed by atoms with Crippen LogP contribution < -0.4 is 5.32 Å². The lowest BCUT2D eigenvalue weighted by Gasteiger charge is -2.22. The fourth-order valence-electron chi connectivity index (χ4n) is 2.10. The number of nitrogens with one attached hydrogen (secondary N) is 1. The van der Waals surface area contributed by atoms with E-state index in [1.165, 1.54) is 6.07 Å². The molecule has 0 saturated carbocycles. The van der Waals surface area contributed by atoms with Crippen LogP contribution in [0.25, 0.3) is 0 Å². The molecule has 1 N–H and O–H groups in total. The smallest absolute Gasteiger partial charge is 0.292 e. The molecular formula is C14H20N4O3. The van der Waals surface area contributed by atoms with Crippen LogP contribution in [0.4, 0.5) is 11.4 Å². The maximum Gasteiger partial charge on any atom is 0.292 e. The van der Waals surface area contributed by atoms with Gasteiger partial charge in [0.25, 0.3) is 5.69 Å². The van der Waals surface area contributed by atoms with E-state index >= 15 is 0 Å². The monoisotopic (exact) mass is 292 g/mol. The molecule has 0 aromatic heterocycles. The van der Waals surface area contributed by atoms with E-state index < -0.39 is 4.92 Å². The number of para-hydroxylation sites is 1. The molecule has 0 amide bonds. The minimum atomic E-state index is -0.399. The van der Waals surface area contributed by atoms with Crippen molar-refractivity contribution in [3.63, 3.8) is 0 Å². The van der Waals surface area contributed by atoms with Gasteiger partial charge in [0.2, 0.25) is 0 Å². The Labute approximate surface area is 124 Å². The summed E-state index contributed by atoms with van der Waals surface area (Å²) in [5, 5.41) is 22.7. The van der Waals surface area contributed by atoms with Gasteiger partial charge in [-0.2, -0.15) is 5.26 Å². The number of benzene rings is 1. The lowest BCUT2D eigenvalue weighted by atomic mass is 10.1. The van der Waals surface area contributed by atoms with Crippen molar-refractivity contribution < 1.29 is 9.66 Å².